The second-order valence-electron chi connectivity index (χ2n) is 7.26. The average molecular weight is 361 g/mol. The lowest BCUT2D eigenvalue weighted by atomic mass is 10.1. The van der Waals surface area contributed by atoms with Gasteiger partial charge in [0.1, 0.15) is 5.60 Å². The highest BCUT2D eigenvalue weighted by Gasteiger charge is 2.26. The van der Waals surface area contributed by atoms with Crippen molar-refractivity contribution in [2.45, 2.75) is 33.3 Å². The molecule has 1 saturated heterocycles. The van der Waals surface area contributed by atoms with Crippen molar-refractivity contribution in [1.82, 2.24) is 4.90 Å². The molecular formula is C18H27N5O3. The summed E-state index contributed by atoms with van der Waals surface area (Å²) < 4.78 is 5.42. The number of carbonyl (C=O) groups is 2. The maximum Gasteiger partial charge on any atom is 0.410 e. The SMILES string of the molecule is Cc1cc(N(C=N)C(N)=O)ccc1N1CCN(C(=O)OC(C)(C)C)CC1. The Bertz CT molecular complexity index is 691. The van der Waals surface area contributed by atoms with Gasteiger partial charge in [-0.3, -0.25) is 10.3 Å². The van der Waals surface area contributed by atoms with E-state index >= 15 is 0 Å². The predicted octanol–water partition coefficient (Wildman–Crippen LogP) is 2.54. The Balaban J connectivity index is 2.04. The van der Waals surface area contributed by atoms with Crippen LogP contribution in [0.5, 0.6) is 0 Å². The first-order valence-corrected chi connectivity index (χ1v) is 8.55. The van der Waals surface area contributed by atoms with E-state index in [-0.39, 0.29) is 6.09 Å². The van der Waals surface area contributed by atoms with Crippen molar-refractivity contribution in [2.24, 2.45) is 5.73 Å². The quantitative estimate of drug-likeness (QED) is 0.638. The van der Waals surface area contributed by atoms with Gasteiger partial charge in [-0.05, 0) is 51.5 Å². The molecule has 1 aliphatic rings. The lowest BCUT2D eigenvalue weighted by molar-refractivity contribution is 0.0240. The maximum absolute atomic E-state index is 12.2. The minimum atomic E-state index is -0.696. The number of piperazine rings is 1. The van der Waals surface area contributed by atoms with Gasteiger partial charge in [0, 0.05) is 31.9 Å². The summed E-state index contributed by atoms with van der Waals surface area (Å²) in [6.45, 7) is 10.1. The molecule has 1 aliphatic heterocycles. The molecule has 0 aliphatic carbocycles. The lowest BCUT2D eigenvalue weighted by Crippen LogP contribution is -2.50. The summed E-state index contributed by atoms with van der Waals surface area (Å²) in [4.78, 5) is 28.5. The van der Waals surface area contributed by atoms with E-state index in [9.17, 15) is 9.59 Å². The molecule has 0 unspecified atom stereocenters. The number of nitrogens with two attached hydrogens (primary N) is 1. The van der Waals surface area contributed by atoms with Gasteiger partial charge in [-0.1, -0.05) is 0 Å². The molecule has 2 rings (SSSR count). The van der Waals surface area contributed by atoms with Gasteiger partial charge in [0.05, 0.1) is 12.0 Å². The third kappa shape index (κ3) is 4.65. The molecular weight excluding hydrogens is 334 g/mol. The predicted molar refractivity (Wildman–Crippen MR) is 102 cm³/mol. The molecule has 1 heterocycles. The second-order valence-corrected chi connectivity index (χ2v) is 7.26. The van der Waals surface area contributed by atoms with Crippen molar-refractivity contribution in [3.8, 4) is 0 Å². The van der Waals surface area contributed by atoms with Crippen LogP contribution in [0.4, 0.5) is 21.0 Å². The highest BCUT2D eigenvalue weighted by atomic mass is 16.6. The Morgan fingerprint density at radius 3 is 2.31 bits per heavy atom. The van der Waals surface area contributed by atoms with Crippen molar-refractivity contribution in [3.05, 3.63) is 23.8 Å². The van der Waals surface area contributed by atoms with Crippen LogP contribution in [-0.4, -0.2) is 55.1 Å². The summed E-state index contributed by atoms with van der Waals surface area (Å²) in [5, 5.41) is 7.31. The number of anilines is 2. The second kappa shape index (κ2) is 7.63. The molecule has 26 heavy (non-hydrogen) atoms. The third-order valence-electron chi connectivity index (χ3n) is 4.10. The van der Waals surface area contributed by atoms with Crippen molar-refractivity contribution in [3.63, 3.8) is 0 Å². The van der Waals surface area contributed by atoms with Crippen LogP contribution >= 0.6 is 0 Å². The van der Waals surface area contributed by atoms with Gasteiger partial charge in [0.25, 0.3) is 0 Å². The number of urea groups is 1. The number of ether oxygens (including phenoxy) is 1. The lowest BCUT2D eigenvalue weighted by Gasteiger charge is -2.37. The molecule has 1 aromatic carbocycles. The zero-order chi connectivity index (χ0) is 19.5. The van der Waals surface area contributed by atoms with E-state index in [4.69, 9.17) is 15.9 Å². The molecule has 142 valence electrons. The van der Waals surface area contributed by atoms with Gasteiger partial charge < -0.3 is 20.3 Å². The number of nitrogens with zero attached hydrogens (tertiary/aromatic N) is 3. The van der Waals surface area contributed by atoms with Gasteiger partial charge in [-0.2, -0.15) is 0 Å². The minimum absolute atomic E-state index is 0.285. The number of benzene rings is 1. The van der Waals surface area contributed by atoms with Crippen molar-refractivity contribution in [2.75, 3.05) is 36.0 Å². The molecule has 1 aromatic rings. The fourth-order valence-corrected chi connectivity index (χ4v) is 2.87. The standard InChI is InChI=1S/C18H27N5O3/c1-13-11-14(23(12-19)16(20)24)5-6-15(13)21-7-9-22(10-8-21)17(25)26-18(2,3)4/h5-6,11-12,19H,7-10H2,1-4H3,(H2,20,24). The van der Waals surface area contributed by atoms with E-state index in [0.717, 1.165) is 22.5 Å². The molecule has 8 heteroatoms. The van der Waals surface area contributed by atoms with Gasteiger partial charge in [-0.15, -0.1) is 0 Å². The van der Waals surface area contributed by atoms with Gasteiger partial charge in [0.15, 0.2) is 0 Å². The van der Waals surface area contributed by atoms with Crippen LogP contribution in [0.25, 0.3) is 0 Å². The summed E-state index contributed by atoms with van der Waals surface area (Å²) in [6.07, 6.45) is 0.614. The summed E-state index contributed by atoms with van der Waals surface area (Å²) >= 11 is 0. The van der Waals surface area contributed by atoms with Crippen molar-refractivity contribution >= 4 is 29.8 Å². The van der Waals surface area contributed by atoms with E-state index in [1.54, 1.807) is 11.0 Å². The van der Waals surface area contributed by atoms with E-state index in [2.05, 4.69) is 4.90 Å². The fraction of sp³-hybridized carbons (Fsp3) is 0.500. The number of hydrogen-bond donors (Lipinski definition) is 2. The number of hydrogen-bond acceptors (Lipinski definition) is 5. The van der Waals surface area contributed by atoms with E-state index < -0.39 is 11.6 Å². The molecule has 0 spiro atoms. The molecule has 0 radical (unpaired) electrons. The summed E-state index contributed by atoms with van der Waals surface area (Å²) in [6, 6.07) is 4.80. The number of primary amides is 1. The summed E-state index contributed by atoms with van der Waals surface area (Å²) in [7, 11) is 0. The van der Waals surface area contributed by atoms with E-state index in [0.29, 0.717) is 31.9 Å². The number of carbonyl (C=O) groups excluding carboxylic acids is 2. The normalized spacial score (nSPS) is 14.8. The van der Waals surface area contributed by atoms with Crippen LogP contribution in [0.3, 0.4) is 0 Å². The molecule has 8 nitrogen and oxygen atoms in total. The summed E-state index contributed by atoms with van der Waals surface area (Å²) in [5.41, 5.74) is 7.34. The Labute approximate surface area is 154 Å². The number of aryl methyl sites for hydroxylation is 1. The van der Waals surface area contributed by atoms with Crippen LogP contribution in [0, 0.1) is 12.3 Å². The zero-order valence-electron chi connectivity index (χ0n) is 15.8. The van der Waals surface area contributed by atoms with E-state index in [1.165, 1.54) is 0 Å². The van der Waals surface area contributed by atoms with Gasteiger partial charge >= 0.3 is 12.1 Å². The number of nitrogens with one attached hydrogen (secondary N) is 1. The Morgan fingerprint density at radius 2 is 1.85 bits per heavy atom. The molecule has 0 aromatic heterocycles. The molecule has 3 N–H and O–H groups in total. The Morgan fingerprint density at radius 1 is 1.23 bits per heavy atom. The van der Waals surface area contributed by atoms with Crippen LogP contribution in [-0.2, 0) is 4.74 Å². The van der Waals surface area contributed by atoms with Crippen LogP contribution in [0.1, 0.15) is 26.3 Å². The van der Waals surface area contributed by atoms with Crippen molar-refractivity contribution < 1.29 is 14.3 Å². The zero-order valence-corrected chi connectivity index (χ0v) is 15.8. The minimum Gasteiger partial charge on any atom is -0.444 e. The summed E-state index contributed by atoms with van der Waals surface area (Å²) in [5.74, 6) is 0. The maximum atomic E-state index is 12.2. The average Bonchev–Trinajstić information content (AvgIpc) is 2.54. The largest absolute Gasteiger partial charge is 0.444 e. The van der Waals surface area contributed by atoms with Crippen molar-refractivity contribution in [1.29, 1.82) is 5.41 Å². The van der Waals surface area contributed by atoms with Crippen LogP contribution in [0.2, 0.25) is 0 Å². The number of amides is 3. The molecule has 0 atom stereocenters. The molecule has 0 bridgehead atoms. The molecule has 3 amide bonds. The Hall–Kier alpha value is -2.77. The van der Waals surface area contributed by atoms with E-state index in [1.807, 2.05) is 39.8 Å². The highest BCUT2D eigenvalue weighted by Crippen LogP contribution is 2.26. The fourth-order valence-electron chi connectivity index (χ4n) is 2.87. The van der Waals surface area contributed by atoms with Gasteiger partial charge in [-0.25, -0.2) is 9.59 Å². The van der Waals surface area contributed by atoms with Crippen LogP contribution in [0.15, 0.2) is 18.2 Å². The van der Waals surface area contributed by atoms with Gasteiger partial charge in [0.2, 0.25) is 0 Å². The molecule has 0 saturated carbocycles. The molecule has 1 fully saturated rings. The van der Waals surface area contributed by atoms with Crippen LogP contribution < -0.4 is 15.5 Å². The topological polar surface area (TPSA) is 103 Å². The third-order valence-corrected chi connectivity index (χ3v) is 4.10. The smallest absolute Gasteiger partial charge is 0.410 e. The first kappa shape index (κ1) is 19.6. The number of rotatable bonds is 3. The first-order valence-electron chi connectivity index (χ1n) is 8.55. The first-order chi connectivity index (χ1) is 12.1. The Kier molecular flexibility index (Phi) is 5.74. The monoisotopic (exact) mass is 361 g/mol. The highest BCUT2D eigenvalue weighted by molar-refractivity contribution is 6.06.